The normalized spacial score (nSPS) is 11.7. The van der Waals surface area contributed by atoms with Crippen molar-refractivity contribution >= 4 is 10.0 Å². The van der Waals surface area contributed by atoms with Crippen LogP contribution in [0.2, 0.25) is 0 Å². The Kier molecular flexibility index (Phi) is 3.39. The van der Waals surface area contributed by atoms with Crippen LogP contribution in [0.25, 0.3) is 0 Å². The Balaban J connectivity index is 2.22. The van der Waals surface area contributed by atoms with Crippen molar-refractivity contribution in [2.45, 2.75) is 11.4 Å². The summed E-state index contributed by atoms with van der Waals surface area (Å²) in [7, 11) is -4.11. The molecule has 18 heavy (non-hydrogen) atoms. The van der Waals surface area contributed by atoms with Gasteiger partial charge in [-0.3, -0.25) is 0 Å². The Morgan fingerprint density at radius 2 is 2.11 bits per heavy atom. The molecule has 0 saturated carbocycles. The van der Waals surface area contributed by atoms with Crippen molar-refractivity contribution in [3.05, 3.63) is 48.1 Å². The van der Waals surface area contributed by atoms with Crippen LogP contribution in [-0.4, -0.2) is 18.4 Å². The van der Waals surface area contributed by atoms with E-state index in [1.807, 2.05) is 0 Å². The molecule has 0 amide bonds. The lowest BCUT2D eigenvalue weighted by Crippen LogP contribution is -2.24. The van der Waals surface area contributed by atoms with Crippen molar-refractivity contribution in [2.75, 3.05) is 0 Å². The minimum absolute atomic E-state index is 0.134. The highest BCUT2D eigenvalue weighted by molar-refractivity contribution is 7.89. The van der Waals surface area contributed by atoms with Crippen LogP contribution < -0.4 is 4.72 Å². The molecule has 2 rings (SSSR count). The number of imidazole rings is 1. The number of hydrogen-bond donors (Lipinski definition) is 2. The Bertz CT molecular complexity index is 641. The summed E-state index contributed by atoms with van der Waals surface area (Å²) < 4.78 is 51.8. The SMILES string of the molecule is O=S(=O)(NCc1ncc[nH]1)c1cc(F)ccc1F. The van der Waals surface area contributed by atoms with E-state index >= 15 is 0 Å². The lowest BCUT2D eigenvalue weighted by Gasteiger charge is -2.06. The molecule has 5 nitrogen and oxygen atoms in total. The molecule has 1 aromatic heterocycles. The molecule has 8 heteroatoms. The van der Waals surface area contributed by atoms with Crippen LogP contribution in [0.3, 0.4) is 0 Å². The molecule has 0 saturated heterocycles. The number of halogens is 2. The lowest BCUT2D eigenvalue weighted by atomic mass is 10.3. The number of H-pyrrole nitrogens is 1. The first-order valence-corrected chi connectivity index (χ1v) is 6.40. The summed E-state index contributed by atoms with van der Waals surface area (Å²) in [6.45, 7) is -0.134. The van der Waals surface area contributed by atoms with Gasteiger partial charge in [0.25, 0.3) is 0 Å². The zero-order valence-corrected chi connectivity index (χ0v) is 9.84. The van der Waals surface area contributed by atoms with Gasteiger partial charge in [0.05, 0.1) is 6.54 Å². The van der Waals surface area contributed by atoms with Crippen LogP contribution in [-0.2, 0) is 16.6 Å². The number of aromatic nitrogens is 2. The van der Waals surface area contributed by atoms with Gasteiger partial charge >= 0.3 is 0 Å². The van der Waals surface area contributed by atoms with Crippen molar-refractivity contribution in [2.24, 2.45) is 0 Å². The summed E-state index contributed by atoms with van der Waals surface area (Å²) in [4.78, 5) is 5.76. The van der Waals surface area contributed by atoms with E-state index in [0.717, 1.165) is 12.1 Å². The smallest absolute Gasteiger partial charge is 0.243 e. The van der Waals surface area contributed by atoms with E-state index in [9.17, 15) is 17.2 Å². The van der Waals surface area contributed by atoms with E-state index in [-0.39, 0.29) is 6.54 Å². The van der Waals surface area contributed by atoms with Crippen molar-refractivity contribution in [3.63, 3.8) is 0 Å². The Hall–Kier alpha value is -1.80. The predicted molar refractivity (Wildman–Crippen MR) is 59.0 cm³/mol. The third-order valence-corrected chi connectivity index (χ3v) is 3.58. The largest absolute Gasteiger partial charge is 0.347 e. The minimum atomic E-state index is -4.11. The number of hydrogen-bond acceptors (Lipinski definition) is 3. The number of nitrogens with zero attached hydrogens (tertiary/aromatic N) is 1. The molecule has 0 spiro atoms. The number of rotatable bonds is 4. The Morgan fingerprint density at radius 3 is 2.78 bits per heavy atom. The molecule has 2 aromatic rings. The number of nitrogens with one attached hydrogen (secondary N) is 2. The van der Waals surface area contributed by atoms with Gasteiger partial charge in [0, 0.05) is 12.4 Å². The summed E-state index contributed by atoms with van der Waals surface area (Å²) in [6.07, 6.45) is 2.97. The van der Waals surface area contributed by atoms with Crippen LogP contribution in [0.1, 0.15) is 5.82 Å². The maximum atomic E-state index is 13.3. The van der Waals surface area contributed by atoms with Gasteiger partial charge in [0.1, 0.15) is 22.4 Å². The first-order chi connectivity index (χ1) is 8.49. The highest BCUT2D eigenvalue weighted by Crippen LogP contribution is 2.15. The Labute approximate surface area is 102 Å². The van der Waals surface area contributed by atoms with Gasteiger partial charge in [0.2, 0.25) is 10.0 Å². The van der Waals surface area contributed by atoms with Gasteiger partial charge in [-0.15, -0.1) is 0 Å². The molecule has 2 N–H and O–H groups in total. The first kappa shape index (κ1) is 12.7. The molecule has 1 aromatic carbocycles. The average molecular weight is 273 g/mol. The van der Waals surface area contributed by atoms with Gasteiger partial charge in [-0.25, -0.2) is 26.9 Å². The molecule has 0 fully saturated rings. The standard InChI is InChI=1S/C10H9F2N3O2S/c11-7-1-2-8(12)9(5-7)18(16,17)15-6-10-13-3-4-14-10/h1-5,15H,6H2,(H,13,14). The van der Waals surface area contributed by atoms with Crippen molar-refractivity contribution < 1.29 is 17.2 Å². The fourth-order valence-electron chi connectivity index (χ4n) is 1.32. The van der Waals surface area contributed by atoms with Crippen molar-refractivity contribution in [1.29, 1.82) is 0 Å². The molecule has 0 aliphatic heterocycles. The minimum Gasteiger partial charge on any atom is -0.347 e. The average Bonchev–Trinajstić information content (AvgIpc) is 2.83. The summed E-state index contributed by atoms with van der Waals surface area (Å²) in [6, 6.07) is 2.23. The van der Waals surface area contributed by atoms with Crippen molar-refractivity contribution in [1.82, 2.24) is 14.7 Å². The zero-order chi connectivity index (χ0) is 13.2. The third-order valence-electron chi connectivity index (χ3n) is 2.17. The van der Waals surface area contributed by atoms with Gasteiger partial charge in [-0.2, -0.15) is 0 Å². The second-order valence-electron chi connectivity index (χ2n) is 3.44. The summed E-state index contributed by atoms with van der Waals surface area (Å²) in [5.41, 5.74) is 0. The third kappa shape index (κ3) is 2.71. The summed E-state index contributed by atoms with van der Waals surface area (Å²) in [5.74, 6) is -1.46. The van der Waals surface area contributed by atoms with Crippen LogP contribution in [0.15, 0.2) is 35.5 Å². The van der Waals surface area contributed by atoms with Gasteiger partial charge < -0.3 is 4.98 Å². The van der Waals surface area contributed by atoms with Crippen LogP contribution in [0, 0.1) is 11.6 Å². The van der Waals surface area contributed by atoms with E-state index in [0.29, 0.717) is 11.9 Å². The molecule has 1 heterocycles. The van der Waals surface area contributed by atoms with E-state index in [4.69, 9.17) is 0 Å². The molecule has 96 valence electrons. The summed E-state index contributed by atoms with van der Waals surface area (Å²) in [5, 5.41) is 0. The predicted octanol–water partition coefficient (Wildman–Crippen LogP) is 1.17. The molecule has 0 unspecified atom stereocenters. The molecular weight excluding hydrogens is 264 g/mol. The Morgan fingerprint density at radius 1 is 1.33 bits per heavy atom. The van der Waals surface area contributed by atoms with E-state index < -0.39 is 26.6 Å². The maximum Gasteiger partial charge on any atom is 0.243 e. The van der Waals surface area contributed by atoms with Crippen LogP contribution >= 0.6 is 0 Å². The van der Waals surface area contributed by atoms with E-state index in [1.54, 1.807) is 0 Å². The number of aromatic amines is 1. The van der Waals surface area contributed by atoms with Gasteiger partial charge in [-0.05, 0) is 18.2 Å². The zero-order valence-electron chi connectivity index (χ0n) is 9.02. The molecule has 0 atom stereocenters. The molecule has 0 aliphatic rings. The second-order valence-corrected chi connectivity index (χ2v) is 5.17. The highest BCUT2D eigenvalue weighted by atomic mass is 32.2. The molecule has 0 bridgehead atoms. The molecule has 0 aliphatic carbocycles. The molecule has 0 radical (unpaired) electrons. The monoisotopic (exact) mass is 273 g/mol. The topological polar surface area (TPSA) is 74.8 Å². The maximum absolute atomic E-state index is 13.3. The highest BCUT2D eigenvalue weighted by Gasteiger charge is 2.19. The van der Waals surface area contributed by atoms with Crippen LogP contribution in [0.4, 0.5) is 8.78 Å². The number of benzene rings is 1. The second kappa shape index (κ2) is 4.83. The quantitative estimate of drug-likeness (QED) is 0.878. The first-order valence-electron chi connectivity index (χ1n) is 4.92. The fraction of sp³-hybridized carbons (Fsp3) is 0.100. The van der Waals surface area contributed by atoms with Gasteiger partial charge in [-0.1, -0.05) is 0 Å². The van der Waals surface area contributed by atoms with Crippen LogP contribution in [0.5, 0.6) is 0 Å². The van der Waals surface area contributed by atoms with Crippen molar-refractivity contribution in [3.8, 4) is 0 Å². The lowest BCUT2D eigenvalue weighted by molar-refractivity contribution is 0.545. The van der Waals surface area contributed by atoms with E-state index in [1.165, 1.54) is 12.4 Å². The van der Waals surface area contributed by atoms with E-state index in [2.05, 4.69) is 14.7 Å². The molecular formula is C10H9F2N3O2S. The fourth-order valence-corrected chi connectivity index (χ4v) is 2.39. The van der Waals surface area contributed by atoms with Gasteiger partial charge in [0.15, 0.2) is 0 Å². The summed E-state index contributed by atoms with van der Waals surface area (Å²) >= 11 is 0. The number of sulfonamides is 1.